The third kappa shape index (κ3) is 3.29. The first-order chi connectivity index (χ1) is 13.5. The van der Waals surface area contributed by atoms with Crippen LogP contribution in [-0.4, -0.2) is 38.1 Å². The van der Waals surface area contributed by atoms with Crippen LogP contribution in [0.5, 0.6) is 0 Å². The number of hydrogen-bond donors (Lipinski definition) is 2. The Labute approximate surface area is 159 Å². The van der Waals surface area contributed by atoms with Gasteiger partial charge in [0, 0.05) is 30.2 Å². The van der Waals surface area contributed by atoms with Crippen LogP contribution < -0.4 is 11.1 Å². The van der Waals surface area contributed by atoms with Crippen LogP contribution >= 0.6 is 0 Å². The van der Waals surface area contributed by atoms with Gasteiger partial charge in [-0.25, -0.2) is 9.18 Å². The van der Waals surface area contributed by atoms with Gasteiger partial charge in [-0.1, -0.05) is 12.1 Å². The third-order valence-corrected chi connectivity index (χ3v) is 4.54. The number of primary amides is 1. The molecule has 28 heavy (non-hydrogen) atoms. The Kier molecular flexibility index (Phi) is 4.48. The Morgan fingerprint density at radius 2 is 1.93 bits per heavy atom. The fourth-order valence-electron chi connectivity index (χ4n) is 3.23. The minimum Gasteiger partial charge on any atom is -0.365 e. The van der Waals surface area contributed by atoms with Crippen LogP contribution in [0.2, 0.25) is 0 Å². The molecule has 0 saturated carbocycles. The summed E-state index contributed by atoms with van der Waals surface area (Å²) in [6.45, 7) is 0.971. The lowest BCUT2D eigenvalue weighted by molar-refractivity contribution is 0.0997. The Bertz CT molecular complexity index is 1050. The summed E-state index contributed by atoms with van der Waals surface area (Å²) >= 11 is 0. The van der Waals surface area contributed by atoms with Crippen LogP contribution in [0.4, 0.5) is 14.9 Å². The number of hydrogen-bond acceptors (Lipinski definition) is 4. The first-order valence-electron chi connectivity index (χ1n) is 8.64. The highest BCUT2D eigenvalue weighted by molar-refractivity contribution is 6.00. The average Bonchev–Trinajstić information content (AvgIpc) is 3.07. The van der Waals surface area contributed by atoms with Gasteiger partial charge < -0.3 is 16.0 Å². The maximum atomic E-state index is 13.6. The molecule has 3 heterocycles. The van der Waals surface area contributed by atoms with E-state index in [1.807, 2.05) is 0 Å². The number of nitrogens with zero attached hydrogens (tertiary/aromatic N) is 4. The van der Waals surface area contributed by atoms with Gasteiger partial charge >= 0.3 is 6.03 Å². The summed E-state index contributed by atoms with van der Waals surface area (Å²) in [5.74, 6) is -1.10. The first-order valence-corrected chi connectivity index (χ1v) is 8.64. The predicted octanol–water partition coefficient (Wildman–Crippen LogP) is 2.23. The monoisotopic (exact) mass is 380 g/mol. The summed E-state index contributed by atoms with van der Waals surface area (Å²) in [6.07, 6.45) is 3.16. The lowest BCUT2D eigenvalue weighted by Crippen LogP contribution is -2.41. The van der Waals surface area contributed by atoms with Gasteiger partial charge in [0.15, 0.2) is 0 Å². The molecule has 4 rings (SSSR count). The molecule has 0 fully saturated rings. The normalized spacial score (nSPS) is 13.1. The number of urea groups is 1. The highest BCUT2D eigenvalue weighted by Gasteiger charge is 2.29. The summed E-state index contributed by atoms with van der Waals surface area (Å²) < 4.78 is 15.3. The summed E-state index contributed by atoms with van der Waals surface area (Å²) in [4.78, 5) is 30.2. The minimum atomic E-state index is -0.670. The van der Waals surface area contributed by atoms with Gasteiger partial charge in [0.2, 0.25) is 0 Å². The molecule has 1 aromatic carbocycles. The molecule has 0 saturated heterocycles. The van der Waals surface area contributed by atoms with Crippen LogP contribution in [0.25, 0.3) is 11.3 Å². The van der Waals surface area contributed by atoms with Crippen molar-refractivity contribution in [1.29, 1.82) is 0 Å². The van der Waals surface area contributed by atoms with Gasteiger partial charge in [0.05, 0.1) is 24.3 Å². The second kappa shape index (κ2) is 7.10. The molecule has 8 nitrogen and oxygen atoms in total. The quantitative estimate of drug-likeness (QED) is 0.727. The highest BCUT2D eigenvalue weighted by Crippen LogP contribution is 2.28. The molecule has 0 unspecified atom stereocenters. The summed E-state index contributed by atoms with van der Waals surface area (Å²) in [5, 5.41) is 7.23. The molecule has 0 bridgehead atoms. The number of carbonyl (C=O) groups excluding carboxylic acids is 2. The number of nitrogens with one attached hydrogen (secondary N) is 1. The fraction of sp³-hybridized carbons (Fsp3) is 0.158. The van der Waals surface area contributed by atoms with E-state index in [-0.39, 0.29) is 18.1 Å². The van der Waals surface area contributed by atoms with E-state index in [4.69, 9.17) is 5.73 Å². The van der Waals surface area contributed by atoms with Crippen molar-refractivity contribution in [3.05, 3.63) is 65.9 Å². The maximum Gasteiger partial charge on any atom is 0.322 e. The van der Waals surface area contributed by atoms with Crippen molar-refractivity contribution in [3.63, 3.8) is 0 Å². The van der Waals surface area contributed by atoms with Crippen LogP contribution in [-0.2, 0) is 13.1 Å². The number of benzene rings is 1. The number of fused-ring (bicyclic) bond motifs is 1. The van der Waals surface area contributed by atoms with E-state index in [9.17, 15) is 14.0 Å². The van der Waals surface area contributed by atoms with Crippen molar-refractivity contribution in [2.75, 3.05) is 11.9 Å². The molecule has 3 amide bonds. The number of carbonyl (C=O) groups is 2. The Hall–Kier alpha value is -3.75. The van der Waals surface area contributed by atoms with Gasteiger partial charge in [-0.15, -0.1) is 0 Å². The van der Waals surface area contributed by atoms with E-state index in [0.717, 1.165) is 0 Å². The smallest absolute Gasteiger partial charge is 0.322 e. The fourth-order valence-corrected chi connectivity index (χ4v) is 3.23. The van der Waals surface area contributed by atoms with E-state index in [0.29, 0.717) is 35.7 Å². The van der Waals surface area contributed by atoms with E-state index < -0.39 is 11.7 Å². The number of halogens is 1. The molecule has 0 radical (unpaired) electrons. The molecule has 142 valence electrons. The van der Waals surface area contributed by atoms with Crippen LogP contribution in [0.1, 0.15) is 16.1 Å². The Balaban J connectivity index is 1.65. The lowest BCUT2D eigenvalue weighted by atomic mass is 10.0. The SMILES string of the molecule is NC(=O)c1c(-c2cccc(F)c2)nn2c1CN(C(=O)Nc1ccncc1)CC2. The van der Waals surface area contributed by atoms with E-state index >= 15 is 0 Å². The Morgan fingerprint density at radius 1 is 1.14 bits per heavy atom. The standard InChI is InChI=1S/C19H17FN6O2/c20-13-3-1-2-12(10-13)17-16(18(21)27)15-11-25(8-9-26(15)24-17)19(28)23-14-4-6-22-7-5-14/h1-7,10H,8-9,11H2,(H2,21,27)(H,22,23,28). The molecular formula is C19H17FN6O2. The maximum absolute atomic E-state index is 13.6. The van der Waals surface area contributed by atoms with Gasteiger partial charge in [-0.2, -0.15) is 5.10 Å². The Morgan fingerprint density at radius 3 is 2.64 bits per heavy atom. The summed E-state index contributed by atoms with van der Waals surface area (Å²) in [5.41, 5.74) is 7.72. The zero-order chi connectivity index (χ0) is 19.7. The second-order valence-electron chi connectivity index (χ2n) is 6.36. The zero-order valence-electron chi connectivity index (χ0n) is 14.8. The molecule has 3 N–H and O–H groups in total. The van der Waals surface area contributed by atoms with Crippen molar-refractivity contribution in [3.8, 4) is 11.3 Å². The number of nitrogens with two attached hydrogens (primary N) is 1. The molecular weight excluding hydrogens is 363 g/mol. The van der Waals surface area contributed by atoms with Crippen molar-refractivity contribution in [2.24, 2.45) is 5.73 Å². The summed E-state index contributed by atoms with van der Waals surface area (Å²) in [7, 11) is 0. The van der Waals surface area contributed by atoms with E-state index in [1.54, 1.807) is 46.2 Å². The van der Waals surface area contributed by atoms with Gasteiger partial charge in [-0.3, -0.25) is 14.5 Å². The number of pyridine rings is 1. The number of amides is 3. The molecule has 0 spiro atoms. The van der Waals surface area contributed by atoms with Crippen LogP contribution in [0.3, 0.4) is 0 Å². The van der Waals surface area contributed by atoms with Crippen molar-refractivity contribution in [1.82, 2.24) is 19.7 Å². The molecule has 3 aromatic rings. The molecule has 0 aliphatic carbocycles. The molecule has 0 atom stereocenters. The topological polar surface area (TPSA) is 106 Å². The average molecular weight is 380 g/mol. The van der Waals surface area contributed by atoms with Gasteiger partial charge in [0.1, 0.15) is 11.5 Å². The lowest BCUT2D eigenvalue weighted by Gasteiger charge is -2.28. The van der Waals surface area contributed by atoms with Crippen LogP contribution in [0, 0.1) is 5.82 Å². The van der Waals surface area contributed by atoms with Gasteiger partial charge in [-0.05, 0) is 24.3 Å². The van der Waals surface area contributed by atoms with Crippen LogP contribution in [0.15, 0.2) is 48.8 Å². The molecule has 2 aromatic heterocycles. The predicted molar refractivity (Wildman–Crippen MR) is 99.8 cm³/mol. The first kappa shape index (κ1) is 17.7. The number of aromatic nitrogens is 3. The van der Waals surface area contributed by atoms with E-state index in [2.05, 4.69) is 15.4 Å². The molecule has 1 aliphatic heterocycles. The van der Waals surface area contributed by atoms with E-state index in [1.165, 1.54) is 12.1 Å². The highest BCUT2D eigenvalue weighted by atomic mass is 19.1. The largest absolute Gasteiger partial charge is 0.365 e. The molecule has 9 heteroatoms. The minimum absolute atomic E-state index is 0.164. The third-order valence-electron chi connectivity index (χ3n) is 4.54. The second-order valence-corrected chi connectivity index (χ2v) is 6.36. The van der Waals surface area contributed by atoms with Crippen molar-refractivity contribution in [2.45, 2.75) is 13.1 Å². The number of anilines is 1. The summed E-state index contributed by atoms with van der Waals surface area (Å²) in [6, 6.07) is 8.89. The van der Waals surface area contributed by atoms with Gasteiger partial charge in [0.25, 0.3) is 5.91 Å². The molecule has 1 aliphatic rings. The van der Waals surface area contributed by atoms with Crippen molar-refractivity contribution < 1.29 is 14.0 Å². The number of rotatable bonds is 3. The zero-order valence-corrected chi connectivity index (χ0v) is 14.8. The van der Waals surface area contributed by atoms with Crippen molar-refractivity contribution >= 4 is 17.6 Å².